The number of anilines is 2. The number of benzene rings is 1. The Hall–Kier alpha value is -3.31. The minimum absolute atomic E-state index is 0.0988. The van der Waals surface area contributed by atoms with Gasteiger partial charge in [-0.25, -0.2) is 30.6 Å². The van der Waals surface area contributed by atoms with Gasteiger partial charge in [-0.2, -0.15) is 13.2 Å². The van der Waals surface area contributed by atoms with E-state index in [0.717, 1.165) is 6.20 Å². The molecule has 8 nitrogen and oxygen atoms in total. The Bertz CT molecular complexity index is 1110. The average Bonchev–Trinajstić information content (AvgIpc) is 2.79. The number of methoxy groups -OCH3 is 1. The highest BCUT2D eigenvalue weighted by molar-refractivity contribution is 6.30. The normalized spacial score (nSPS) is 12.3. The first-order chi connectivity index (χ1) is 15.2. The Morgan fingerprint density at radius 3 is 2.47 bits per heavy atom. The Morgan fingerprint density at radius 1 is 1.19 bits per heavy atom. The molecule has 12 heteroatoms. The summed E-state index contributed by atoms with van der Waals surface area (Å²) in [6, 6.07) is 7.84. The predicted molar refractivity (Wildman–Crippen MR) is 110 cm³/mol. The number of nitrogens with zero attached hydrogens (tertiary/aromatic N) is 5. The van der Waals surface area contributed by atoms with Gasteiger partial charge in [0.2, 0.25) is 11.6 Å². The van der Waals surface area contributed by atoms with E-state index in [2.05, 4.69) is 24.7 Å². The second-order valence-corrected chi connectivity index (χ2v) is 7.01. The summed E-state index contributed by atoms with van der Waals surface area (Å²) in [5.74, 6) is 3.40. The van der Waals surface area contributed by atoms with Crippen LogP contribution in [0.1, 0.15) is 47.0 Å². The largest absolute Gasteiger partial charge is 0.463 e. The highest BCUT2D eigenvalue weighted by Gasteiger charge is 2.35. The summed E-state index contributed by atoms with van der Waals surface area (Å²) >= 11 is 5.93. The van der Waals surface area contributed by atoms with Crippen LogP contribution in [0.3, 0.4) is 0 Å². The molecule has 3 aromatic rings. The molecule has 0 aliphatic carbocycles. The van der Waals surface area contributed by atoms with Gasteiger partial charge in [0.1, 0.15) is 0 Å². The van der Waals surface area contributed by atoms with E-state index in [4.69, 9.17) is 17.4 Å². The molecular weight excluding hydrogens is 449 g/mol. The summed E-state index contributed by atoms with van der Waals surface area (Å²) in [5, 5.41) is 1.67. The first-order valence-corrected chi connectivity index (χ1v) is 9.69. The second-order valence-electron chi connectivity index (χ2n) is 6.57. The number of rotatable bonds is 6. The third-order valence-corrected chi connectivity index (χ3v) is 4.82. The fraction of sp³-hybridized carbons (Fsp3) is 0.250. The van der Waals surface area contributed by atoms with Crippen LogP contribution in [-0.4, -0.2) is 33.0 Å². The van der Waals surface area contributed by atoms with Crippen LogP contribution in [0.15, 0.2) is 42.7 Å². The van der Waals surface area contributed by atoms with Gasteiger partial charge in [0, 0.05) is 28.9 Å². The van der Waals surface area contributed by atoms with Crippen LogP contribution in [-0.2, 0) is 10.9 Å². The maximum atomic E-state index is 13.1. The molecule has 1 aromatic carbocycles. The van der Waals surface area contributed by atoms with Crippen molar-refractivity contribution in [3.63, 3.8) is 0 Å². The number of hydrogen-bond donors (Lipinski definition) is 1. The molecule has 0 saturated carbocycles. The van der Waals surface area contributed by atoms with Gasteiger partial charge in [-0.1, -0.05) is 18.5 Å². The summed E-state index contributed by atoms with van der Waals surface area (Å²) in [7, 11) is 1.17. The molecule has 2 heterocycles. The number of nitrogens with two attached hydrogens (primary N) is 1. The first kappa shape index (κ1) is 23.4. The molecule has 0 aliphatic heterocycles. The number of hydrazine groups is 1. The zero-order chi connectivity index (χ0) is 23.5. The van der Waals surface area contributed by atoms with Gasteiger partial charge in [-0.05, 0) is 36.8 Å². The van der Waals surface area contributed by atoms with Crippen molar-refractivity contribution >= 4 is 29.1 Å². The SMILES string of the molecule is CCC(c1ccnc(C(F)(F)F)n1)c1cnc(C(=O)OC)nc1N(N)c1ccc(Cl)cc1. The van der Waals surface area contributed by atoms with Crippen LogP contribution < -0.4 is 10.9 Å². The molecule has 0 radical (unpaired) electrons. The third kappa shape index (κ3) is 4.94. The number of alkyl halides is 3. The molecule has 0 saturated heterocycles. The lowest BCUT2D eigenvalue weighted by Gasteiger charge is -2.24. The van der Waals surface area contributed by atoms with Crippen molar-refractivity contribution < 1.29 is 22.7 Å². The fourth-order valence-electron chi connectivity index (χ4n) is 3.03. The molecule has 1 unspecified atom stereocenters. The number of carbonyl (C=O) groups is 1. The van der Waals surface area contributed by atoms with E-state index in [1.807, 2.05) is 0 Å². The maximum absolute atomic E-state index is 13.1. The van der Waals surface area contributed by atoms with Gasteiger partial charge in [-0.15, -0.1) is 0 Å². The van der Waals surface area contributed by atoms with Gasteiger partial charge >= 0.3 is 12.1 Å². The summed E-state index contributed by atoms with van der Waals surface area (Å²) in [6.07, 6.45) is -1.99. The third-order valence-electron chi connectivity index (χ3n) is 4.57. The van der Waals surface area contributed by atoms with E-state index in [1.54, 1.807) is 31.2 Å². The predicted octanol–water partition coefficient (Wildman–Crippen LogP) is 4.28. The summed E-state index contributed by atoms with van der Waals surface area (Å²) in [4.78, 5) is 27.2. The van der Waals surface area contributed by atoms with Gasteiger partial charge in [0.05, 0.1) is 18.5 Å². The summed E-state index contributed by atoms with van der Waals surface area (Å²) in [6.45, 7) is 1.77. The van der Waals surface area contributed by atoms with Crippen LogP contribution in [0.5, 0.6) is 0 Å². The van der Waals surface area contributed by atoms with Crippen molar-refractivity contribution in [2.24, 2.45) is 5.84 Å². The number of esters is 1. The fourth-order valence-corrected chi connectivity index (χ4v) is 3.15. The van der Waals surface area contributed by atoms with Crippen molar-refractivity contribution in [3.05, 3.63) is 70.7 Å². The Labute approximate surface area is 186 Å². The topological polar surface area (TPSA) is 107 Å². The lowest BCUT2D eigenvalue weighted by Crippen LogP contribution is -2.29. The van der Waals surface area contributed by atoms with E-state index in [-0.39, 0.29) is 17.3 Å². The van der Waals surface area contributed by atoms with Crippen LogP contribution in [0.4, 0.5) is 24.7 Å². The number of carbonyl (C=O) groups excluding carboxylic acids is 1. The Kier molecular flexibility index (Phi) is 6.90. The molecule has 1 atom stereocenters. The molecular formula is C20H18ClF3N6O2. The van der Waals surface area contributed by atoms with Crippen LogP contribution >= 0.6 is 11.6 Å². The number of hydrogen-bond acceptors (Lipinski definition) is 8. The van der Waals surface area contributed by atoms with Crippen LogP contribution in [0.25, 0.3) is 0 Å². The zero-order valence-electron chi connectivity index (χ0n) is 17.0. The molecule has 0 amide bonds. The lowest BCUT2D eigenvalue weighted by atomic mass is 9.94. The van der Waals surface area contributed by atoms with E-state index in [9.17, 15) is 18.0 Å². The molecule has 0 aliphatic rings. The van der Waals surface area contributed by atoms with Crippen molar-refractivity contribution in [3.8, 4) is 0 Å². The van der Waals surface area contributed by atoms with E-state index in [0.29, 0.717) is 22.7 Å². The highest BCUT2D eigenvalue weighted by Crippen LogP contribution is 2.35. The second kappa shape index (κ2) is 9.45. The monoisotopic (exact) mass is 466 g/mol. The van der Waals surface area contributed by atoms with Crippen molar-refractivity contribution in [2.75, 3.05) is 12.1 Å². The summed E-state index contributed by atoms with van der Waals surface area (Å²) in [5.41, 5.74) is 0.943. The van der Waals surface area contributed by atoms with Crippen molar-refractivity contribution in [2.45, 2.75) is 25.4 Å². The molecule has 0 fully saturated rings. The number of halogens is 4. The minimum Gasteiger partial charge on any atom is -0.463 e. The molecule has 0 spiro atoms. The molecule has 2 aromatic heterocycles. The number of aromatic nitrogens is 4. The number of ether oxygens (including phenoxy) is 1. The summed E-state index contributed by atoms with van der Waals surface area (Å²) < 4.78 is 44.1. The van der Waals surface area contributed by atoms with Crippen molar-refractivity contribution in [1.82, 2.24) is 19.9 Å². The highest BCUT2D eigenvalue weighted by atomic mass is 35.5. The van der Waals surface area contributed by atoms with Gasteiger partial charge in [0.15, 0.2) is 5.82 Å². The van der Waals surface area contributed by atoms with Crippen LogP contribution in [0, 0.1) is 0 Å². The average molecular weight is 467 g/mol. The maximum Gasteiger partial charge on any atom is 0.451 e. The van der Waals surface area contributed by atoms with E-state index >= 15 is 0 Å². The Morgan fingerprint density at radius 2 is 1.88 bits per heavy atom. The standard InChI is InChI=1S/C20H18ClF3N6O2/c1-3-13(15-8-9-26-19(28-15)20(22,23)24)14-10-27-16(18(31)32-2)29-17(14)30(25)12-6-4-11(21)5-7-12/h4-10,13H,3,25H2,1-2H3. The molecule has 32 heavy (non-hydrogen) atoms. The lowest BCUT2D eigenvalue weighted by molar-refractivity contribution is -0.145. The van der Waals surface area contributed by atoms with Crippen LogP contribution in [0.2, 0.25) is 5.02 Å². The molecule has 2 N–H and O–H groups in total. The van der Waals surface area contributed by atoms with Gasteiger partial charge in [0.25, 0.3) is 0 Å². The van der Waals surface area contributed by atoms with E-state index in [1.165, 1.54) is 24.4 Å². The zero-order valence-corrected chi connectivity index (χ0v) is 17.7. The van der Waals surface area contributed by atoms with Crippen molar-refractivity contribution in [1.29, 1.82) is 0 Å². The Balaban J connectivity index is 2.15. The smallest absolute Gasteiger partial charge is 0.451 e. The molecule has 0 bridgehead atoms. The van der Waals surface area contributed by atoms with Gasteiger partial charge < -0.3 is 4.74 Å². The minimum atomic E-state index is -4.70. The van der Waals surface area contributed by atoms with Gasteiger partial charge in [-0.3, -0.25) is 5.01 Å². The quantitative estimate of drug-likeness (QED) is 0.326. The molecule has 3 rings (SSSR count). The first-order valence-electron chi connectivity index (χ1n) is 9.31. The van der Waals surface area contributed by atoms with E-state index < -0.39 is 23.9 Å². The molecule has 168 valence electrons.